The van der Waals surface area contributed by atoms with Crippen LogP contribution in [0.2, 0.25) is 5.28 Å². The van der Waals surface area contributed by atoms with Gasteiger partial charge in [0.1, 0.15) is 11.3 Å². The van der Waals surface area contributed by atoms with Crippen molar-refractivity contribution < 1.29 is 4.39 Å². The quantitative estimate of drug-likeness (QED) is 0.706. The Kier molecular flexibility index (Phi) is 2.79. The summed E-state index contributed by atoms with van der Waals surface area (Å²) in [6.45, 7) is 1.69. The fourth-order valence-electron chi connectivity index (χ4n) is 1.77. The first-order chi connectivity index (χ1) is 9.15. The molecular weight excluding hydrogens is 269 g/mol. The highest BCUT2D eigenvalue weighted by atomic mass is 35.5. The lowest BCUT2D eigenvalue weighted by Crippen LogP contribution is -1.99. The van der Waals surface area contributed by atoms with Gasteiger partial charge in [0.05, 0.1) is 6.33 Å². The van der Waals surface area contributed by atoms with E-state index in [2.05, 4.69) is 25.3 Å². The summed E-state index contributed by atoms with van der Waals surface area (Å²) < 4.78 is 13.5. The van der Waals surface area contributed by atoms with Gasteiger partial charge in [0.15, 0.2) is 11.5 Å². The maximum absolute atomic E-state index is 13.5. The summed E-state index contributed by atoms with van der Waals surface area (Å²) in [6, 6.07) is 4.79. The van der Waals surface area contributed by atoms with Crippen LogP contribution in [-0.2, 0) is 0 Å². The zero-order valence-corrected chi connectivity index (χ0v) is 10.7. The Balaban J connectivity index is 2.10. The molecule has 0 fully saturated rings. The summed E-state index contributed by atoms with van der Waals surface area (Å²) in [5.41, 5.74) is 2.19. The van der Waals surface area contributed by atoms with Crippen LogP contribution in [0, 0.1) is 12.7 Å². The standard InChI is InChI=1S/C12H9ClFN5/c1-6-7(14)3-2-4-8(6)17-11-9-10(16-5-15-9)18-12(13)19-11/h2-5H,1H3,(H2,15,16,17,18,19). The molecule has 0 saturated carbocycles. The van der Waals surface area contributed by atoms with Gasteiger partial charge in [-0.25, -0.2) is 9.37 Å². The largest absolute Gasteiger partial charge is 0.340 e. The smallest absolute Gasteiger partial charge is 0.226 e. The highest BCUT2D eigenvalue weighted by Gasteiger charge is 2.11. The molecule has 1 aromatic carbocycles. The van der Waals surface area contributed by atoms with Crippen molar-refractivity contribution in [2.75, 3.05) is 5.32 Å². The third kappa shape index (κ3) is 2.10. The lowest BCUT2D eigenvalue weighted by molar-refractivity contribution is 0.619. The van der Waals surface area contributed by atoms with Crippen LogP contribution in [0.15, 0.2) is 24.5 Å². The summed E-state index contributed by atoms with van der Waals surface area (Å²) in [6.07, 6.45) is 1.50. The molecular formula is C12H9ClFN5. The zero-order valence-electron chi connectivity index (χ0n) is 9.91. The molecule has 7 heteroatoms. The van der Waals surface area contributed by atoms with E-state index in [0.29, 0.717) is 28.2 Å². The summed E-state index contributed by atoms with van der Waals surface area (Å²) in [5, 5.41) is 3.12. The number of nitrogens with one attached hydrogen (secondary N) is 2. The lowest BCUT2D eigenvalue weighted by atomic mass is 10.2. The molecule has 2 N–H and O–H groups in total. The topological polar surface area (TPSA) is 66.5 Å². The van der Waals surface area contributed by atoms with E-state index in [9.17, 15) is 4.39 Å². The average Bonchev–Trinajstić information content (AvgIpc) is 2.83. The van der Waals surface area contributed by atoms with E-state index in [1.165, 1.54) is 12.4 Å². The van der Waals surface area contributed by atoms with E-state index < -0.39 is 0 Å². The molecule has 0 spiro atoms. The van der Waals surface area contributed by atoms with Gasteiger partial charge in [-0.2, -0.15) is 9.97 Å². The molecule has 3 rings (SSSR count). The number of rotatable bonds is 2. The molecule has 0 aliphatic carbocycles. The number of hydrogen-bond acceptors (Lipinski definition) is 4. The van der Waals surface area contributed by atoms with Gasteiger partial charge in [-0.1, -0.05) is 6.07 Å². The van der Waals surface area contributed by atoms with Crippen LogP contribution in [0.1, 0.15) is 5.56 Å². The first-order valence-electron chi connectivity index (χ1n) is 5.54. The highest BCUT2D eigenvalue weighted by Crippen LogP contribution is 2.25. The number of halogens is 2. The first kappa shape index (κ1) is 11.9. The van der Waals surface area contributed by atoms with E-state index >= 15 is 0 Å². The minimum absolute atomic E-state index is 0.0798. The fraction of sp³-hybridized carbons (Fsp3) is 0.0833. The first-order valence-corrected chi connectivity index (χ1v) is 5.91. The number of benzene rings is 1. The van der Waals surface area contributed by atoms with Crippen molar-refractivity contribution in [1.29, 1.82) is 0 Å². The molecule has 2 aromatic heterocycles. The molecule has 0 aliphatic rings. The Morgan fingerprint density at radius 2 is 2.16 bits per heavy atom. The van der Waals surface area contributed by atoms with Crippen molar-refractivity contribution in [3.05, 3.63) is 41.2 Å². The van der Waals surface area contributed by atoms with Crippen molar-refractivity contribution in [3.8, 4) is 0 Å². The molecule has 2 heterocycles. The summed E-state index contributed by atoms with van der Waals surface area (Å²) in [7, 11) is 0. The molecule has 0 bridgehead atoms. The zero-order chi connectivity index (χ0) is 13.4. The maximum atomic E-state index is 13.5. The second kappa shape index (κ2) is 4.47. The van der Waals surface area contributed by atoms with Gasteiger partial charge in [0, 0.05) is 11.3 Å². The van der Waals surface area contributed by atoms with Gasteiger partial charge in [0.2, 0.25) is 5.28 Å². The Labute approximate surface area is 112 Å². The predicted molar refractivity (Wildman–Crippen MR) is 71.1 cm³/mol. The van der Waals surface area contributed by atoms with Crippen molar-refractivity contribution in [3.63, 3.8) is 0 Å². The van der Waals surface area contributed by atoms with Crippen LogP contribution in [-0.4, -0.2) is 19.9 Å². The monoisotopic (exact) mass is 277 g/mol. The number of imidazole rings is 1. The minimum Gasteiger partial charge on any atom is -0.340 e. The van der Waals surface area contributed by atoms with E-state index in [-0.39, 0.29) is 11.1 Å². The van der Waals surface area contributed by atoms with Crippen LogP contribution >= 0.6 is 11.6 Å². The van der Waals surface area contributed by atoms with Crippen LogP contribution in [0.25, 0.3) is 11.2 Å². The van der Waals surface area contributed by atoms with Crippen molar-refractivity contribution in [2.45, 2.75) is 6.92 Å². The lowest BCUT2D eigenvalue weighted by Gasteiger charge is -2.09. The number of aromatic nitrogens is 4. The molecule has 0 aliphatic heterocycles. The van der Waals surface area contributed by atoms with E-state index in [1.54, 1.807) is 19.1 Å². The summed E-state index contributed by atoms with van der Waals surface area (Å²) >= 11 is 5.83. The summed E-state index contributed by atoms with van der Waals surface area (Å²) in [4.78, 5) is 15.0. The third-order valence-electron chi connectivity index (χ3n) is 2.78. The second-order valence-electron chi connectivity index (χ2n) is 3.98. The van der Waals surface area contributed by atoms with E-state index in [4.69, 9.17) is 11.6 Å². The number of H-pyrrole nitrogens is 1. The Hall–Kier alpha value is -2.21. The molecule has 0 amide bonds. The molecule has 0 unspecified atom stereocenters. The highest BCUT2D eigenvalue weighted by molar-refractivity contribution is 6.28. The van der Waals surface area contributed by atoms with Crippen molar-refractivity contribution in [1.82, 2.24) is 19.9 Å². The molecule has 0 radical (unpaired) electrons. The van der Waals surface area contributed by atoms with Crippen molar-refractivity contribution >= 4 is 34.3 Å². The van der Waals surface area contributed by atoms with E-state index in [0.717, 1.165) is 0 Å². The van der Waals surface area contributed by atoms with Gasteiger partial charge in [-0.3, -0.25) is 0 Å². The van der Waals surface area contributed by atoms with Crippen LogP contribution in [0.3, 0.4) is 0 Å². The second-order valence-corrected chi connectivity index (χ2v) is 4.32. The number of nitrogens with zero attached hydrogens (tertiary/aromatic N) is 3. The molecule has 5 nitrogen and oxygen atoms in total. The molecule has 0 atom stereocenters. The summed E-state index contributed by atoms with van der Waals surface area (Å²) in [5.74, 6) is 0.173. The average molecular weight is 278 g/mol. The van der Waals surface area contributed by atoms with Gasteiger partial charge < -0.3 is 10.3 Å². The molecule has 96 valence electrons. The van der Waals surface area contributed by atoms with Gasteiger partial charge in [-0.15, -0.1) is 0 Å². The Morgan fingerprint density at radius 1 is 1.32 bits per heavy atom. The number of hydrogen-bond donors (Lipinski definition) is 2. The van der Waals surface area contributed by atoms with Crippen LogP contribution in [0.5, 0.6) is 0 Å². The van der Waals surface area contributed by atoms with Crippen LogP contribution < -0.4 is 5.32 Å². The third-order valence-corrected chi connectivity index (χ3v) is 2.95. The number of anilines is 2. The molecule has 3 aromatic rings. The van der Waals surface area contributed by atoms with Crippen molar-refractivity contribution in [2.24, 2.45) is 0 Å². The fourth-order valence-corrected chi connectivity index (χ4v) is 1.93. The number of aromatic amines is 1. The maximum Gasteiger partial charge on any atom is 0.226 e. The molecule has 0 saturated heterocycles. The number of fused-ring (bicyclic) bond motifs is 1. The van der Waals surface area contributed by atoms with E-state index in [1.807, 2.05) is 0 Å². The normalized spacial score (nSPS) is 10.9. The SMILES string of the molecule is Cc1c(F)cccc1Nc1nc(Cl)nc2nc[nH]c12. The minimum atomic E-state index is -0.286. The van der Waals surface area contributed by atoms with Gasteiger partial charge in [-0.05, 0) is 30.7 Å². The molecule has 19 heavy (non-hydrogen) atoms. The predicted octanol–water partition coefficient (Wildman–Crippen LogP) is 3.20. The van der Waals surface area contributed by atoms with Gasteiger partial charge >= 0.3 is 0 Å². The van der Waals surface area contributed by atoms with Gasteiger partial charge in [0.25, 0.3) is 0 Å². The van der Waals surface area contributed by atoms with Crippen LogP contribution in [0.4, 0.5) is 15.9 Å². The Morgan fingerprint density at radius 3 is 3.00 bits per heavy atom. The Bertz CT molecular complexity index is 755.